The van der Waals surface area contributed by atoms with Gasteiger partial charge in [-0.05, 0) is 39.0 Å². The average molecular weight is 333 g/mol. The first-order valence-corrected chi connectivity index (χ1v) is 6.81. The van der Waals surface area contributed by atoms with E-state index in [0.717, 1.165) is 0 Å². The SMILES string of the molecule is CC(O)CN(C(=O)Nc1ccc(Br)cc1F)C(C)C. The van der Waals surface area contributed by atoms with Gasteiger partial charge in [0.25, 0.3) is 0 Å². The highest BCUT2D eigenvalue weighted by molar-refractivity contribution is 9.10. The Kier molecular flexibility index (Phi) is 5.75. The van der Waals surface area contributed by atoms with E-state index in [4.69, 9.17) is 0 Å². The van der Waals surface area contributed by atoms with Crippen molar-refractivity contribution >= 4 is 27.6 Å². The van der Waals surface area contributed by atoms with E-state index in [0.29, 0.717) is 4.47 Å². The maximum Gasteiger partial charge on any atom is 0.322 e. The maximum atomic E-state index is 13.6. The molecule has 1 unspecified atom stereocenters. The van der Waals surface area contributed by atoms with Gasteiger partial charge in [0.2, 0.25) is 0 Å². The van der Waals surface area contributed by atoms with Gasteiger partial charge in [0.15, 0.2) is 0 Å². The van der Waals surface area contributed by atoms with Crippen molar-refractivity contribution in [3.8, 4) is 0 Å². The van der Waals surface area contributed by atoms with Gasteiger partial charge in [-0.2, -0.15) is 0 Å². The Hall–Kier alpha value is -1.14. The van der Waals surface area contributed by atoms with Gasteiger partial charge in [-0.25, -0.2) is 9.18 Å². The zero-order valence-corrected chi connectivity index (χ0v) is 12.7. The number of nitrogens with one attached hydrogen (secondary N) is 1. The summed E-state index contributed by atoms with van der Waals surface area (Å²) in [5, 5.41) is 11.9. The first-order valence-electron chi connectivity index (χ1n) is 6.02. The van der Waals surface area contributed by atoms with Crippen LogP contribution in [0.25, 0.3) is 0 Å². The minimum Gasteiger partial charge on any atom is -0.392 e. The van der Waals surface area contributed by atoms with Gasteiger partial charge in [-0.15, -0.1) is 0 Å². The first kappa shape index (κ1) is 15.9. The molecule has 0 heterocycles. The van der Waals surface area contributed by atoms with E-state index in [2.05, 4.69) is 21.2 Å². The number of hydrogen-bond donors (Lipinski definition) is 2. The zero-order valence-electron chi connectivity index (χ0n) is 11.2. The van der Waals surface area contributed by atoms with Crippen molar-refractivity contribution < 1.29 is 14.3 Å². The molecule has 1 aromatic carbocycles. The van der Waals surface area contributed by atoms with Gasteiger partial charge < -0.3 is 15.3 Å². The number of aliphatic hydroxyl groups is 1. The van der Waals surface area contributed by atoms with Crippen LogP contribution in [-0.4, -0.2) is 34.7 Å². The van der Waals surface area contributed by atoms with Crippen LogP contribution in [0.4, 0.5) is 14.9 Å². The van der Waals surface area contributed by atoms with Crippen LogP contribution in [0.2, 0.25) is 0 Å². The molecule has 1 rings (SSSR count). The average Bonchev–Trinajstić information content (AvgIpc) is 2.29. The van der Waals surface area contributed by atoms with E-state index in [1.54, 1.807) is 13.0 Å². The highest BCUT2D eigenvalue weighted by Crippen LogP contribution is 2.20. The lowest BCUT2D eigenvalue weighted by Crippen LogP contribution is -2.43. The summed E-state index contributed by atoms with van der Waals surface area (Å²) in [5.74, 6) is -0.511. The van der Waals surface area contributed by atoms with Crippen LogP contribution in [0.3, 0.4) is 0 Å². The summed E-state index contributed by atoms with van der Waals surface area (Å²) in [6.07, 6.45) is -0.636. The second-order valence-electron chi connectivity index (χ2n) is 4.65. The molecule has 0 spiro atoms. The molecule has 106 valence electrons. The van der Waals surface area contributed by atoms with Crippen molar-refractivity contribution in [1.29, 1.82) is 0 Å². The molecular weight excluding hydrogens is 315 g/mol. The molecule has 0 bridgehead atoms. The summed E-state index contributed by atoms with van der Waals surface area (Å²) in [6, 6.07) is 3.89. The fourth-order valence-electron chi connectivity index (χ4n) is 1.59. The number of anilines is 1. The third kappa shape index (κ3) is 4.80. The second-order valence-corrected chi connectivity index (χ2v) is 5.57. The number of carbonyl (C=O) groups is 1. The van der Waals surface area contributed by atoms with Crippen LogP contribution in [0.1, 0.15) is 20.8 Å². The summed E-state index contributed by atoms with van der Waals surface area (Å²) in [7, 11) is 0. The van der Waals surface area contributed by atoms with Gasteiger partial charge in [-0.1, -0.05) is 15.9 Å². The summed E-state index contributed by atoms with van der Waals surface area (Å²) in [5.41, 5.74) is 0.115. The highest BCUT2D eigenvalue weighted by atomic mass is 79.9. The van der Waals surface area contributed by atoms with E-state index >= 15 is 0 Å². The quantitative estimate of drug-likeness (QED) is 0.889. The van der Waals surface area contributed by atoms with Crippen LogP contribution in [0, 0.1) is 5.82 Å². The van der Waals surface area contributed by atoms with Crippen molar-refractivity contribution in [3.63, 3.8) is 0 Å². The minimum atomic E-state index is -0.636. The molecule has 2 N–H and O–H groups in total. The van der Waals surface area contributed by atoms with Gasteiger partial charge >= 0.3 is 6.03 Å². The van der Waals surface area contributed by atoms with Gasteiger partial charge in [0.05, 0.1) is 11.8 Å². The highest BCUT2D eigenvalue weighted by Gasteiger charge is 2.19. The molecule has 1 aromatic rings. The summed E-state index contributed by atoms with van der Waals surface area (Å²) >= 11 is 3.15. The topological polar surface area (TPSA) is 52.6 Å². The molecule has 0 fully saturated rings. The largest absolute Gasteiger partial charge is 0.392 e. The number of aliphatic hydroxyl groups excluding tert-OH is 1. The first-order chi connectivity index (χ1) is 8.81. The number of nitrogens with zero attached hydrogens (tertiary/aromatic N) is 1. The van der Waals surface area contributed by atoms with Crippen molar-refractivity contribution in [3.05, 3.63) is 28.5 Å². The molecule has 0 aliphatic rings. The molecule has 0 aliphatic carbocycles. The molecular formula is C13H18BrFN2O2. The molecule has 0 aliphatic heterocycles. The van der Waals surface area contributed by atoms with Gasteiger partial charge in [0.1, 0.15) is 5.82 Å². The lowest BCUT2D eigenvalue weighted by Gasteiger charge is -2.28. The number of rotatable bonds is 4. The van der Waals surface area contributed by atoms with Crippen molar-refractivity contribution in [2.45, 2.75) is 32.9 Å². The zero-order chi connectivity index (χ0) is 14.6. The fourth-order valence-corrected chi connectivity index (χ4v) is 1.92. The lowest BCUT2D eigenvalue weighted by atomic mass is 10.2. The third-order valence-corrected chi connectivity index (χ3v) is 3.01. The van der Waals surface area contributed by atoms with Crippen LogP contribution < -0.4 is 5.32 Å². The number of urea groups is 1. The number of halogens is 2. The maximum absolute atomic E-state index is 13.6. The van der Waals surface area contributed by atoms with E-state index < -0.39 is 18.0 Å². The summed E-state index contributed by atoms with van der Waals surface area (Å²) < 4.78 is 14.2. The third-order valence-electron chi connectivity index (χ3n) is 2.52. The normalized spacial score (nSPS) is 12.4. The number of hydrogen-bond acceptors (Lipinski definition) is 2. The van der Waals surface area contributed by atoms with E-state index in [1.165, 1.54) is 17.0 Å². The Bertz CT molecular complexity index is 452. The van der Waals surface area contributed by atoms with Crippen LogP contribution in [0.15, 0.2) is 22.7 Å². The summed E-state index contributed by atoms with van der Waals surface area (Å²) in [6.45, 7) is 5.46. The number of carbonyl (C=O) groups excluding carboxylic acids is 1. The standard InChI is InChI=1S/C13H18BrFN2O2/c1-8(2)17(7-9(3)18)13(19)16-12-5-4-10(14)6-11(12)15/h4-6,8-9,18H,7H2,1-3H3,(H,16,19). The number of amides is 2. The summed E-state index contributed by atoms with van der Waals surface area (Å²) in [4.78, 5) is 13.5. The molecule has 2 amide bonds. The van der Waals surface area contributed by atoms with Crippen LogP contribution in [-0.2, 0) is 0 Å². The van der Waals surface area contributed by atoms with E-state index in [-0.39, 0.29) is 18.3 Å². The van der Waals surface area contributed by atoms with E-state index in [1.807, 2.05) is 13.8 Å². The van der Waals surface area contributed by atoms with Crippen molar-refractivity contribution in [2.24, 2.45) is 0 Å². The molecule has 0 saturated heterocycles. The van der Waals surface area contributed by atoms with E-state index in [9.17, 15) is 14.3 Å². The van der Waals surface area contributed by atoms with Crippen molar-refractivity contribution in [1.82, 2.24) is 4.90 Å². The van der Waals surface area contributed by atoms with Crippen LogP contribution >= 0.6 is 15.9 Å². The second kappa shape index (κ2) is 6.86. The molecule has 4 nitrogen and oxygen atoms in total. The predicted octanol–water partition coefficient (Wildman–Crippen LogP) is 3.21. The Labute approximate surface area is 120 Å². The molecule has 0 aromatic heterocycles. The fraction of sp³-hybridized carbons (Fsp3) is 0.462. The molecule has 0 radical (unpaired) electrons. The Morgan fingerprint density at radius 1 is 1.47 bits per heavy atom. The lowest BCUT2D eigenvalue weighted by molar-refractivity contribution is 0.125. The smallest absolute Gasteiger partial charge is 0.322 e. The van der Waals surface area contributed by atoms with Gasteiger partial charge in [0, 0.05) is 17.1 Å². The Balaban J connectivity index is 2.81. The number of benzene rings is 1. The Morgan fingerprint density at radius 3 is 2.58 bits per heavy atom. The molecule has 6 heteroatoms. The Morgan fingerprint density at radius 2 is 2.11 bits per heavy atom. The van der Waals surface area contributed by atoms with Crippen LogP contribution in [0.5, 0.6) is 0 Å². The monoisotopic (exact) mass is 332 g/mol. The molecule has 19 heavy (non-hydrogen) atoms. The van der Waals surface area contributed by atoms with Crippen molar-refractivity contribution in [2.75, 3.05) is 11.9 Å². The van der Waals surface area contributed by atoms with Gasteiger partial charge in [-0.3, -0.25) is 0 Å². The predicted molar refractivity (Wildman–Crippen MR) is 76.6 cm³/mol. The molecule has 0 saturated carbocycles. The molecule has 1 atom stereocenters. The minimum absolute atomic E-state index is 0.0897.